The van der Waals surface area contributed by atoms with E-state index in [0.717, 1.165) is 12.1 Å². The molecule has 0 aromatic heterocycles. The van der Waals surface area contributed by atoms with Gasteiger partial charge in [0.25, 0.3) is 0 Å². The van der Waals surface area contributed by atoms with Gasteiger partial charge in [0.1, 0.15) is 0 Å². The maximum absolute atomic E-state index is 9.03. The fraction of sp³-hybridized carbons (Fsp3) is 0.500. The lowest BCUT2D eigenvalue weighted by Gasteiger charge is -2.24. The van der Waals surface area contributed by atoms with E-state index in [2.05, 4.69) is 17.0 Å². The molecule has 0 spiro atoms. The molecule has 1 fully saturated rings. The standard InChI is InChI=1S/C12H18N2O/c13-9-10-2-1-3-12(8-10)14(6-7-15)11-4-5-11/h1-3,8,11,15H,4-7,9,13H2. The van der Waals surface area contributed by atoms with Crippen molar-refractivity contribution in [3.8, 4) is 0 Å². The Bertz CT molecular complexity index is 323. The Morgan fingerprint density at radius 1 is 1.40 bits per heavy atom. The lowest BCUT2D eigenvalue weighted by atomic mass is 10.2. The Morgan fingerprint density at radius 3 is 2.80 bits per heavy atom. The average Bonchev–Trinajstić information content (AvgIpc) is 3.10. The molecule has 1 aliphatic rings. The third kappa shape index (κ3) is 2.49. The normalized spacial score (nSPS) is 15.3. The van der Waals surface area contributed by atoms with Crippen molar-refractivity contribution >= 4 is 5.69 Å². The summed E-state index contributed by atoms with van der Waals surface area (Å²) in [6.07, 6.45) is 2.49. The van der Waals surface area contributed by atoms with Crippen LogP contribution < -0.4 is 10.6 Å². The van der Waals surface area contributed by atoms with Crippen LogP contribution in [0.3, 0.4) is 0 Å². The van der Waals surface area contributed by atoms with Gasteiger partial charge in [-0.3, -0.25) is 0 Å². The fourth-order valence-corrected chi connectivity index (χ4v) is 1.88. The van der Waals surface area contributed by atoms with Gasteiger partial charge >= 0.3 is 0 Å². The van der Waals surface area contributed by atoms with Crippen molar-refractivity contribution in [1.29, 1.82) is 0 Å². The van der Waals surface area contributed by atoms with E-state index in [1.165, 1.54) is 18.5 Å². The van der Waals surface area contributed by atoms with Gasteiger partial charge in [-0.2, -0.15) is 0 Å². The quantitative estimate of drug-likeness (QED) is 0.758. The summed E-state index contributed by atoms with van der Waals surface area (Å²) >= 11 is 0. The molecular weight excluding hydrogens is 188 g/mol. The molecular formula is C12H18N2O. The number of aliphatic hydroxyl groups excluding tert-OH is 1. The molecule has 0 aliphatic heterocycles. The average molecular weight is 206 g/mol. The van der Waals surface area contributed by atoms with Gasteiger partial charge in [-0.05, 0) is 30.5 Å². The van der Waals surface area contributed by atoms with Gasteiger partial charge < -0.3 is 15.7 Å². The second-order valence-corrected chi connectivity index (χ2v) is 4.02. The highest BCUT2D eigenvalue weighted by atomic mass is 16.3. The van der Waals surface area contributed by atoms with Crippen molar-refractivity contribution in [3.05, 3.63) is 29.8 Å². The summed E-state index contributed by atoms with van der Waals surface area (Å²) in [5, 5.41) is 9.03. The number of nitrogens with zero attached hydrogens (tertiary/aromatic N) is 1. The van der Waals surface area contributed by atoms with Crippen LogP contribution in [0.5, 0.6) is 0 Å². The Labute approximate surface area is 90.5 Å². The molecule has 0 atom stereocenters. The summed E-state index contributed by atoms with van der Waals surface area (Å²) in [6, 6.07) is 8.91. The summed E-state index contributed by atoms with van der Waals surface area (Å²) in [5.41, 5.74) is 7.96. The van der Waals surface area contributed by atoms with Gasteiger partial charge in [0.15, 0.2) is 0 Å². The van der Waals surface area contributed by atoms with Crippen LogP contribution in [0.15, 0.2) is 24.3 Å². The first-order chi connectivity index (χ1) is 7.35. The van der Waals surface area contributed by atoms with E-state index < -0.39 is 0 Å². The van der Waals surface area contributed by atoms with Crippen LogP contribution >= 0.6 is 0 Å². The molecule has 0 heterocycles. The number of benzene rings is 1. The second kappa shape index (κ2) is 4.64. The van der Waals surface area contributed by atoms with Crippen molar-refractivity contribution in [3.63, 3.8) is 0 Å². The molecule has 0 unspecified atom stereocenters. The molecule has 3 heteroatoms. The van der Waals surface area contributed by atoms with Crippen molar-refractivity contribution < 1.29 is 5.11 Å². The molecule has 0 radical (unpaired) electrons. The first-order valence-electron chi connectivity index (χ1n) is 5.51. The molecule has 1 saturated carbocycles. The van der Waals surface area contributed by atoms with Crippen LogP contribution in [0.4, 0.5) is 5.69 Å². The van der Waals surface area contributed by atoms with E-state index in [-0.39, 0.29) is 6.61 Å². The molecule has 1 aromatic rings. The molecule has 3 N–H and O–H groups in total. The zero-order chi connectivity index (χ0) is 10.7. The Morgan fingerprint density at radius 2 is 2.20 bits per heavy atom. The highest BCUT2D eigenvalue weighted by molar-refractivity contribution is 5.50. The number of aliphatic hydroxyl groups is 1. The van der Waals surface area contributed by atoms with E-state index in [1.807, 2.05) is 12.1 Å². The maximum Gasteiger partial charge on any atom is 0.0606 e. The summed E-state index contributed by atoms with van der Waals surface area (Å²) in [7, 11) is 0. The molecule has 2 rings (SSSR count). The minimum absolute atomic E-state index is 0.212. The van der Waals surface area contributed by atoms with E-state index >= 15 is 0 Å². The third-order valence-electron chi connectivity index (χ3n) is 2.81. The zero-order valence-corrected chi connectivity index (χ0v) is 8.89. The lowest BCUT2D eigenvalue weighted by Crippen LogP contribution is -2.28. The Balaban J connectivity index is 2.16. The number of anilines is 1. The van der Waals surface area contributed by atoms with Crippen LogP contribution in [0.2, 0.25) is 0 Å². The number of hydrogen-bond donors (Lipinski definition) is 2. The first kappa shape index (κ1) is 10.5. The van der Waals surface area contributed by atoms with Crippen molar-refractivity contribution in [1.82, 2.24) is 0 Å². The molecule has 0 saturated heterocycles. The van der Waals surface area contributed by atoms with Crippen LogP contribution in [-0.2, 0) is 6.54 Å². The zero-order valence-electron chi connectivity index (χ0n) is 8.89. The maximum atomic E-state index is 9.03. The van der Waals surface area contributed by atoms with E-state index in [4.69, 9.17) is 10.8 Å². The second-order valence-electron chi connectivity index (χ2n) is 4.02. The SMILES string of the molecule is NCc1cccc(N(CCO)C2CC2)c1. The number of rotatable bonds is 5. The minimum Gasteiger partial charge on any atom is -0.395 e. The summed E-state index contributed by atoms with van der Waals surface area (Å²) in [5.74, 6) is 0. The molecule has 15 heavy (non-hydrogen) atoms. The number of hydrogen-bond acceptors (Lipinski definition) is 3. The molecule has 1 aromatic carbocycles. The van der Waals surface area contributed by atoms with Crippen LogP contribution in [0.25, 0.3) is 0 Å². The van der Waals surface area contributed by atoms with E-state index in [9.17, 15) is 0 Å². The van der Waals surface area contributed by atoms with Crippen LogP contribution in [0.1, 0.15) is 18.4 Å². The Hall–Kier alpha value is -1.06. The van der Waals surface area contributed by atoms with E-state index in [1.54, 1.807) is 0 Å². The fourth-order valence-electron chi connectivity index (χ4n) is 1.88. The molecule has 0 bridgehead atoms. The summed E-state index contributed by atoms with van der Waals surface area (Å²) < 4.78 is 0. The first-order valence-corrected chi connectivity index (χ1v) is 5.51. The topological polar surface area (TPSA) is 49.5 Å². The van der Waals surface area contributed by atoms with E-state index in [0.29, 0.717) is 12.6 Å². The summed E-state index contributed by atoms with van der Waals surface area (Å²) in [4.78, 5) is 2.28. The smallest absolute Gasteiger partial charge is 0.0606 e. The van der Waals surface area contributed by atoms with Gasteiger partial charge in [0, 0.05) is 24.8 Å². The summed E-state index contributed by atoms with van der Waals surface area (Å²) in [6.45, 7) is 1.51. The monoisotopic (exact) mass is 206 g/mol. The molecule has 82 valence electrons. The highest BCUT2D eigenvalue weighted by Gasteiger charge is 2.28. The Kier molecular flexibility index (Phi) is 3.23. The largest absolute Gasteiger partial charge is 0.395 e. The van der Waals surface area contributed by atoms with Gasteiger partial charge in [-0.25, -0.2) is 0 Å². The van der Waals surface area contributed by atoms with Crippen LogP contribution in [0, 0.1) is 0 Å². The van der Waals surface area contributed by atoms with Gasteiger partial charge in [0.05, 0.1) is 6.61 Å². The minimum atomic E-state index is 0.212. The van der Waals surface area contributed by atoms with Gasteiger partial charge in [0.2, 0.25) is 0 Å². The predicted octanol–water partition coefficient (Wildman–Crippen LogP) is 1.11. The van der Waals surface area contributed by atoms with Crippen molar-refractivity contribution in [2.45, 2.75) is 25.4 Å². The molecule has 1 aliphatic carbocycles. The van der Waals surface area contributed by atoms with Crippen molar-refractivity contribution in [2.75, 3.05) is 18.1 Å². The lowest BCUT2D eigenvalue weighted by molar-refractivity contribution is 0.301. The van der Waals surface area contributed by atoms with Crippen LogP contribution in [-0.4, -0.2) is 24.3 Å². The van der Waals surface area contributed by atoms with Crippen molar-refractivity contribution in [2.24, 2.45) is 5.73 Å². The number of nitrogens with two attached hydrogens (primary N) is 1. The molecule has 0 amide bonds. The van der Waals surface area contributed by atoms with Gasteiger partial charge in [-0.15, -0.1) is 0 Å². The third-order valence-corrected chi connectivity index (χ3v) is 2.81. The highest BCUT2D eigenvalue weighted by Crippen LogP contribution is 2.31. The van der Waals surface area contributed by atoms with Gasteiger partial charge in [-0.1, -0.05) is 12.1 Å². The molecule has 3 nitrogen and oxygen atoms in total. The predicted molar refractivity (Wildman–Crippen MR) is 61.8 cm³/mol.